The maximum absolute atomic E-state index is 10.8. The summed E-state index contributed by atoms with van der Waals surface area (Å²) in [6.07, 6.45) is 2.27. The molecule has 3 heteroatoms. The van der Waals surface area contributed by atoms with Crippen LogP contribution in [0.25, 0.3) is 10.9 Å². The molecule has 1 atom stereocenters. The summed E-state index contributed by atoms with van der Waals surface area (Å²) in [6.45, 7) is 1.72. The summed E-state index contributed by atoms with van der Waals surface area (Å²) >= 11 is 0. The summed E-state index contributed by atoms with van der Waals surface area (Å²) < 4.78 is 0. The molecule has 16 heavy (non-hydrogen) atoms. The molecule has 3 nitrogen and oxygen atoms in total. The third-order valence-electron chi connectivity index (χ3n) is 2.69. The Kier molecular flexibility index (Phi) is 2.86. The van der Waals surface area contributed by atoms with Crippen LogP contribution < -0.4 is 0 Å². The lowest BCUT2D eigenvalue weighted by Crippen LogP contribution is -2.12. The van der Waals surface area contributed by atoms with E-state index in [0.717, 1.165) is 16.5 Å². The molecule has 0 aliphatic rings. The van der Waals surface area contributed by atoms with E-state index >= 15 is 0 Å². The second-order valence-corrected chi connectivity index (χ2v) is 3.93. The van der Waals surface area contributed by atoms with Crippen molar-refractivity contribution in [2.45, 2.75) is 13.3 Å². The number of nitrogens with zero attached hydrogens (tertiary/aromatic N) is 1. The van der Waals surface area contributed by atoms with Crippen LogP contribution in [0, 0.1) is 5.92 Å². The van der Waals surface area contributed by atoms with Gasteiger partial charge >= 0.3 is 5.97 Å². The van der Waals surface area contributed by atoms with Gasteiger partial charge in [0.25, 0.3) is 0 Å². The lowest BCUT2D eigenvalue weighted by atomic mass is 9.98. The molecule has 0 radical (unpaired) electrons. The number of aromatic nitrogens is 1. The van der Waals surface area contributed by atoms with Gasteiger partial charge in [0.15, 0.2) is 0 Å². The first-order valence-corrected chi connectivity index (χ1v) is 5.24. The van der Waals surface area contributed by atoms with Crippen molar-refractivity contribution in [1.29, 1.82) is 0 Å². The maximum atomic E-state index is 10.8. The second kappa shape index (κ2) is 4.31. The highest BCUT2D eigenvalue weighted by atomic mass is 16.4. The molecule has 0 bridgehead atoms. The molecule has 0 saturated carbocycles. The Morgan fingerprint density at radius 3 is 2.88 bits per heavy atom. The van der Waals surface area contributed by atoms with Gasteiger partial charge in [-0.05, 0) is 24.1 Å². The average molecular weight is 215 g/mol. The number of aliphatic carboxylic acids is 1. The van der Waals surface area contributed by atoms with Gasteiger partial charge in [-0.3, -0.25) is 9.78 Å². The van der Waals surface area contributed by atoms with Crippen molar-refractivity contribution in [3.05, 3.63) is 42.1 Å². The first kappa shape index (κ1) is 10.6. The zero-order valence-electron chi connectivity index (χ0n) is 9.05. The summed E-state index contributed by atoms with van der Waals surface area (Å²) in [5.74, 6) is -1.13. The predicted octanol–water partition coefficient (Wildman–Crippen LogP) is 2.50. The predicted molar refractivity (Wildman–Crippen MR) is 62.2 cm³/mol. The number of carboxylic acids is 1. The first-order chi connectivity index (χ1) is 7.68. The van der Waals surface area contributed by atoms with Crippen LogP contribution in [0.2, 0.25) is 0 Å². The Labute approximate surface area is 93.7 Å². The van der Waals surface area contributed by atoms with Gasteiger partial charge in [0.1, 0.15) is 0 Å². The molecule has 0 unspecified atom stereocenters. The van der Waals surface area contributed by atoms with Gasteiger partial charge in [-0.15, -0.1) is 0 Å². The monoisotopic (exact) mass is 215 g/mol. The minimum absolute atomic E-state index is 0.370. The summed E-state index contributed by atoms with van der Waals surface area (Å²) in [6, 6.07) is 9.68. The molecule has 0 aliphatic carbocycles. The fourth-order valence-electron chi connectivity index (χ4n) is 1.75. The van der Waals surface area contributed by atoms with E-state index in [4.69, 9.17) is 5.11 Å². The van der Waals surface area contributed by atoms with Crippen LogP contribution in [0.1, 0.15) is 12.5 Å². The van der Waals surface area contributed by atoms with Gasteiger partial charge in [-0.1, -0.05) is 25.1 Å². The van der Waals surface area contributed by atoms with E-state index in [2.05, 4.69) is 4.98 Å². The fourth-order valence-corrected chi connectivity index (χ4v) is 1.75. The van der Waals surface area contributed by atoms with Crippen molar-refractivity contribution in [3.63, 3.8) is 0 Å². The van der Waals surface area contributed by atoms with Gasteiger partial charge in [0, 0.05) is 11.6 Å². The molecule has 2 rings (SSSR count). The van der Waals surface area contributed by atoms with Gasteiger partial charge in [-0.2, -0.15) is 0 Å². The van der Waals surface area contributed by atoms with Crippen molar-refractivity contribution in [2.24, 2.45) is 5.92 Å². The highest BCUT2D eigenvalue weighted by molar-refractivity contribution is 5.82. The number of benzene rings is 1. The molecule has 1 heterocycles. The van der Waals surface area contributed by atoms with Crippen molar-refractivity contribution < 1.29 is 9.90 Å². The normalized spacial score (nSPS) is 12.6. The first-order valence-electron chi connectivity index (χ1n) is 5.24. The molecule has 1 aromatic heterocycles. The molecular formula is C13H13NO2. The standard InChI is InChI=1S/C13H13NO2/c1-9(13(15)16)8-10-6-7-14-12-5-3-2-4-11(10)12/h2-7,9H,8H2,1H3,(H,15,16)/t9-/m1/s1. The zero-order chi connectivity index (χ0) is 11.5. The number of para-hydroxylation sites is 1. The summed E-state index contributed by atoms with van der Waals surface area (Å²) in [4.78, 5) is 15.1. The molecule has 1 N–H and O–H groups in total. The maximum Gasteiger partial charge on any atom is 0.306 e. The number of rotatable bonds is 3. The van der Waals surface area contributed by atoms with Crippen LogP contribution in [-0.2, 0) is 11.2 Å². The van der Waals surface area contributed by atoms with E-state index in [-0.39, 0.29) is 5.92 Å². The molecule has 0 saturated heterocycles. The van der Waals surface area contributed by atoms with Crippen LogP contribution in [0.15, 0.2) is 36.5 Å². The topological polar surface area (TPSA) is 50.2 Å². The third kappa shape index (κ3) is 2.03. The van der Waals surface area contributed by atoms with E-state index in [9.17, 15) is 4.79 Å². The van der Waals surface area contributed by atoms with Crippen molar-refractivity contribution in [1.82, 2.24) is 4.98 Å². The highest BCUT2D eigenvalue weighted by Gasteiger charge is 2.13. The molecule has 82 valence electrons. The quantitative estimate of drug-likeness (QED) is 0.855. The number of pyridine rings is 1. The smallest absolute Gasteiger partial charge is 0.306 e. The number of hydrogen-bond donors (Lipinski definition) is 1. The number of hydrogen-bond acceptors (Lipinski definition) is 2. The largest absolute Gasteiger partial charge is 0.481 e. The van der Waals surface area contributed by atoms with Crippen LogP contribution in [0.5, 0.6) is 0 Å². The average Bonchev–Trinajstić information content (AvgIpc) is 2.29. The third-order valence-corrected chi connectivity index (χ3v) is 2.69. The van der Waals surface area contributed by atoms with E-state index in [1.54, 1.807) is 13.1 Å². The van der Waals surface area contributed by atoms with E-state index in [0.29, 0.717) is 6.42 Å². The van der Waals surface area contributed by atoms with Gasteiger partial charge in [-0.25, -0.2) is 0 Å². The van der Waals surface area contributed by atoms with Gasteiger partial charge in [0.2, 0.25) is 0 Å². The Hall–Kier alpha value is -1.90. The molecule has 0 aliphatic heterocycles. The van der Waals surface area contributed by atoms with E-state index < -0.39 is 5.97 Å². The Morgan fingerprint density at radius 1 is 1.38 bits per heavy atom. The molecule has 0 fully saturated rings. The zero-order valence-corrected chi connectivity index (χ0v) is 9.05. The number of carbonyl (C=O) groups is 1. The SMILES string of the molecule is C[C@H](Cc1ccnc2ccccc12)C(=O)O. The van der Waals surface area contributed by atoms with Crippen molar-refractivity contribution >= 4 is 16.9 Å². The summed E-state index contributed by atoms with van der Waals surface area (Å²) in [5.41, 5.74) is 1.96. The van der Waals surface area contributed by atoms with Crippen molar-refractivity contribution in [3.8, 4) is 0 Å². The van der Waals surface area contributed by atoms with Gasteiger partial charge < -0.3 is 5.11 Å². The van der Waals surface area contributed by atoms with Crippen LogP contribution in [-0.4, -0.2) is 16.1 Å². The minimum Gasteiger partial charge on any atom is -0.481 e. The van der Waals surface area contributed by atoms with Crippen LogP contribution in [0.3, 0.4) is 0 Å². The fraction of sp³-hybridized carbons (Fsp3) is 0.231. The lowest BCUT2D eigenvalue weighted by molar-refractivity contribution is -0.141. The second-order valence-electron chi connectivity index (χ2n) is 3.93. The van der Waals surface area contributed by atoms with Crippen molar-refractivity contribution in [2.75, 3.05) is 0 Å². The Bertz CT molecular complexity index is 517. The number of carboxylic acid groups (broad SMARTS) is 1. The molecule has 0 amide bonds. The number of fused-ring (bicyclic) bond motifs is 1. The van der Waals surface area contributed by atoms with Crippen LogP contribution in [0.4, 0.5) is 0 Å². The molecule has 0 spiro atoms. The van der Waals surface area contributed by atoms with Crippen LogP contribution >= 0.6 is 0 Å². The molecular weight excluding hydrogens is 202 g/mol. The minimum atomic E-state index is -0.763. The molecule has 2 aromatic rings. The lowest BCUT2D eigenvalue weighted by Gasteiger charge is -2.08. The summed E-state index contributed by atoms with van der Waals surface area (Å²) in [5, 5.41) is 9.94. The highest BCUT2D eigenvalue weighted by Crippen LogP contribution is 2.19. The van der Waals surface area contributed by atoms with E-state index in [1.165, 1.54) is 0 Å². The van der Waals surface area contributed by atoms with Gasteiger partial charge in [0.05, 0.1) is 11.4 Å². The molecule has 1 aromatic carbocycles. The Morgan fingerprint density at radius 2 is 2.12 bits per heavy atom. The summed E-state index contributed by atoms with van der Waals surface area (Å²) in [7, 11) is 0. The van der Waals surface area contributed by atoms with E-state index in [1.807, 2.05) is 30.3 Å². The Balaban J connectivity index is 2.41.